The van der Waals surface area contributed by atoms with E-state index in [2.05, 4.69) is 297 Å². The highest BCUT2D eigenvalue weighted by atomic mass is 15.0. The molecule has 0 N–H and O–H groups in total. The zero-order valence-corrected chi connectivity index (χ0v) is 52.7. The van der Waals surface area contributed by atoms with E-state index in [4.69, 9.17) is 29.9 Å². The molecule has 2 spiro atoms. The predicted octanol–water partition coefficient (Wildman–Crippen LogP) is 22.0. The van der Waals surface area contributed by atoms with Crippen LogP contribution in [0.15, 0.2) is 315 Å². The van der Waals surface area contributed by atoms with Crippen molar-refractivity contribution in [3.8, 4) is 102 Å². The first-order chi connectivity index (χ1) is 48.6. The zero-order chi connectivity index (χ0) is 64.0. The van der Waals surface area contributed by atoms with Crippen molar-refractivity contribution in [2.24, 2.45) is 0 Å². The summed E-state index contributed by atoms with van der Waals surface area (Å²) < 4.78 is 0. The lowest BCUT2D eigenvalue weighted by Gasteiger charge is -2.31. The third-order valence-electron chi connectivity index (χ3n) is 21.9. The van der Waals surface area contributed by atoms with Gasteiger partial charge in [-0.3, -0.25) is 0 Å². The van der Waals surface area contributed by atoms with Gasteiger partial charge >= 0.3 is 0 Å². The molecule has 0 aliphatic heterocycles. The molecular formula is C92H52N6. The van der Waals surface area contributed by atoms with Crippen LogP contribution in [-0.4, -0.2) is 29.9 Å². The Morgan fingerprint density at radius 3 is 1.18 bits per heavy atom. The Morgan fingerprint density at radius 1 is 0.173 bits per heavy atom. The maximum absolute atomic E-state index is 5.50. The molecule has 16 aromatic carbocycles. The fourth-order valence-electron chi connectivity index (χ4n) is 17.9. The van der Waals surface area contributed by atoms with Crippen LogP contribution >= 0.6 is 0 Å². The molecular weight excluding hydrogens is 1190 g/mol. The molecule has 0 saturated heterocycles. The van der Waals surface area contributed by atoms with E-state index in [1.807, 2.05) is 18.2 Å². The Hall–Kier alpha value is -12.9. The Balaban J connectivity index is 0.657. The monoisotopic (exact) mass is 1240 g/mol. The highest BCUT2D eigenvalue weighted by molar-refractivity contribution is 6.19. The molecule has 6 nitrogen and oxygen atoms in total. The van der Waals surface area contributed by atoms with Crippen LogP contribution in [0.2, 0.25) is 0 Å². The van der Waals surface area contributed by atoms with Crippen molar-refractivity contribution < 1.29 is 0 Å². The quantitative estimate of drug-likeness (QED) is 0.148. The summed E-state index contributed by atoms with van der Waals surface area (Å²) in [6, 6.07) is 115. The second-order valence-corrected chi connectivity index (χ2v) is 26.6. The van der Waals surface area contributed by atoms with Crippen molar-refractivity contribution >= 4 is 64.6 Å². The molecule has 0 fully saturated rings. The normalized spacial score (nSPS) is 13.7. The molecule has 0 unspecified atom stereocenters. The van der Waals surface area contributed by atoms with Crippen LogP contribution in [0, 0.1) is 0 Å². The molecule has 0 saturated carbocycles. The van der Waals surface area contributed by atoms with Gasteiger partial charge in [-0.1, -0.05) is 303 Å². The van der Waals surface area contributed by atoms with Gasteiger partial charge in [-0.15, -0.1) is 0 Å². The van der Waals surface area contributed by atoms with E-state index < -0.39 is 10.8 Å². The number of hydrogen-bond acceptors (Lipinski definition) is 6. The Labute approximate surface area is 563 Å². The average molecular weight is 1240 g/mol. The fraction of sp³-hybridized carbons (Fsp3) is 0.0217. The topological polar surface area (TPSA) is 77.3 Å². The van der Waals surface area contributed by atoms with Crippen LogP contribution < -0.4 is 0 Å². The van der Waals surface area contributed by atoms with Crippen molar-refractivity contribution in [2.75, 3.05) is 0 Å². The number of benzene rings is 16. The Bertz CT molecular complexity index is 6440. The van der Waals surface area contributed by atoms with Crippen LogP contribution in [0.3, 0.4) is 0 Å². The molecule has 22 rings (SSSR count). The van der Waals surface area contributed by atoms with Crippen LogP contribution in [0.5, 0.6) is 0 Å². The van der Waals surface area contributed by atoms with Gasteiger partial charge in [-0.25, -0.2) is 29.9 Å². The summed E-state index contributed by atoms with van der Waals surface area (Å²) in [5.41, 5.74) is 21.9. The highest BCUT2D eigenvalue weighted by Crippen LogP contribution is 2.65. The summed E-state index contributed by atoms with van der Waals surface area (Å²) in [5, 5.41) is 14.7. The minimum absolute atomic E-state index is 0.518. The lowest BCUT2D eigenvalue weighted by atomic mass is 9.70. The number of aromatic nitrogens is 6. The van der Waals surface area contributed by atoms with Crippen molar-refractivity contribution in [1.82, 2.24) is 29.9 Å². The van der Waals surface area contributed by atoms with E-state index in [9.17, 15) is 0 Å². The van der Waals surface area contributed by atoms with E-state index in [0.29, 0.717) is 34.9 Å². The van der Waals surface area contributed by atoms with Gasteiger partial charge in [0.05, 0.1) is 10.8 Å². The molecule has 98 heavy (non-hydrogen) atoms. The summed E-state index contributed by atoms with van der Waals surface area (Å²) in [7, 11) is 0. The van der Waals surface area contributed by atoms with E-state index in [-0.39, 0.29) is 0 Å². The van der Waals surface area contributed by atoms with E-state index in [1.165, 1.54) is 104 Å². The van der Waals surface area contributed by atoms with Gasteiger partial charge in [0.15, 0.2) is 34.9 Å². The number of rotatable bonds is 7. The standard InChI is InChI=1S/C92H52N6/c1-2-18-59(19-3-1)85-93-87(98-90(96-85)71-31-16-38-78-84(71)70-28-7-9-33-73(70)91(78)74-34-12-21-55-41-42-56-22-13-35-75(91)81(56)80(55)74)62-47-49-66-61(51-62)25-11-29-64(66)54-39-45-60(46-40-54)86-94-88(97-89(95-86)69-30-10-20-53-17-4-5-26-65(53)69)63-48-50-68-67-27-6-8-32-72(67)92(79(68)52-63)76-36-14-23-57-43-44-58-24-15-37-77(92)83(58)82(57)76/h1-52H. The second-order valence-electron chi connectivity index (χ2n) is 26.6. The molecule has 0 bridgehead atoms. The number of hydrogen-bond donors (Lipinski definition) is 0. The summed E-state index contributed by atoms with van der Waals surface area (Å²) in [5.74, 6) is 3.70. The Kier molecular flexibility index (Phi) is 10.8. The summed E-state index contributed by atoms with van der Waals surface area (Å²) in [6.07, 6.45) is 0. The molecule has 18 aromatic rings. The lowest BCUT2D eigenvalue weighted by molar-refractivity contribution is 0.797. The van der Waals surface area contributed by atoms with E-state index in [0.717, 1.165) is 71.6 Å². The third-order valence-corrected chi connectivity index (χ3v) is 21.9. The molecule has 0 atom stereocenters. The van der Waals surface area contributed by atoms with Gasteiger partial charge in [0.25, 0.3) is 0 Å². The van der Waals surface area contributed by atoms with Gasteiger partial charge in [0.1, 0.15) is 0 Å². The maximum Gasteiger partial charge on any atom is 0.164 e. The first-order valence-corrected chi connectivity index (χ1v) is 33.7. The molecule has 450 valence electrons. The molecule has 0 amide bonds. The fourth-order valence-corrected chi connectivity index (χ4v) is 17.9. The minimum atomic E-state index is -0.530. The molecule has 4 aliphatic carbocycles. The van der Waals surface area contributed by atoms with Gasteiger partial charge in [0.2, 0.25) is 0 Å². The predicted molar refractivity (Wildman–Crippen MR) is 398 cm³/mol. The number of nitrogens with zero attached hydrogens (tertiary/aromatic N) is 6. The van der Waals surface area contributed by atoms with Gasteiger partial charge in [-0.05, 0) is 155 Å². The van der Waals surface area contributed by atoms with Gasteiger partial charge in [0, 0.05) is 33.4 Å². The van der Waals surface area contributed by atoms with Crippen LogP contribution in [0.1, 0.15) is 44.5 Å². The molecule has 2 aromatic heterocycles. The molecule has 4 aliphatic rings. The number of fused-ring (bicyclic) bond motifs is 16. The van der Waals surface area contributed by atoms with Crippen molar-refractivity contribution in [2.45, 2.75) is 10.8 Å². The molecule has 0 radical (unpaired) electrons. The zero-order valence-electron chi connectivity index (χ0n) is 52.7. The molecule has 2 heterocycles. The largest absolute Gasteiger partial charge is 0.208 e. The third kappa shape index (κ3) is 7.14. The SMILES string of the molecule is c1ccc(-c2nc(-c3ccc4c(-c5ccc(-c6nc(-c7ccc8c(c7)C7(c9ccccc9-8)c8cccc9ccc%10cccc7c%10c89)nc(-c7cccc8ccccc78)n6)cc5)cccc4c3)nc(-c3cccc4c3-c3ccccc3C43c4cccc5ccc6cccc3c6c45)n2)cc1. The first-order valence-electron chi connectivity index (χ1n) is 33.7. The summed E-state index contributed by atoms with van der Waals surface area (Å²) >= 11 is 0. The lowest BCUT2D eigenvalue weighted by Crippen LogP contribution is -2.26. The van der Waals surface area contributed by atoms with Crippen molar-refractivity contribution in [3.05, 3.63) is 360 Å². The second kappa shape index (κ2) is 19.8. The van der Waals surface area contributed by atoms with Crippen LogP contribution in [-0.2, 0) is 10.8 Å². The van der Waals surface area contributed by atoms with Crippen molar-refractivity contribution in [3.63, 3.8) is 0 Å². The summed E-state index contributed by atoms with van der Waals surface area (Å²) in [6.45, 7) is 0. The smallest absolute Gasteiger partial charge is 0.164 e. The van der Waals surface area contributed by atoms with E-state index in [1.54, 1.807) is 0 Å². The van der Waals surface area contributed by atoms with Gasteiger partial charge in [-0.2, -0.15) is 0 Å². The average Bonchev–Trinajstić information content (AvgIpc) is 1.51. The maximum atomic E-state index is 5.50. The Morgan fingerprint density at radius 2 is 0.541 bits per heavy atom. The highest BCUT2D eigenvalue weighted by Gasteiger charge is 2.53. The van der Waals surface area contributed by atoms with Crippen LogP contribution in [0.4, 0.5) is 0 Å². The summed E-state index contributed by atoms with van der Waals surface area (Å²) in [4.78, 5) is 32.5. The first kappa shape index (κ1) is 53.5. The molecule has 6 heteroatoms. The van der Waals surface area contributed by atoms with Gasteiger partial charge < -0.3 is 0 Å². The van der Waals surface area contributed by atoms with Crippen LogP contribution in [0.25, 0.3) is 166 Å². The van der Waals surface area contributed by atoms with Crippen molar-refractivity contribution in [1.29, 1.82) is 0 Å². The minimum Gasteiger partial charge on any atom is -0.208 e. The van der Waals surface area contributed by atoms with E-state index >= 15 is 0 Å².